The Bertz CT molecular complexity index is 695. The first kappa shape index (κ1) is 20.2. The van der Waals surface area contributed by atoms with Gasteiger partial charge in [-0.3, -0.25) is 4.79 Å². The summed E-state index contributed by atoms with van der Waals surface area (Å²) in [5.41, 5.74) is -0.616. The van der Waals surface area contributed by atoms with Gasteiger partial charge in [-0.15, -0.1) is 0 Å². The molecule has 3 fully saturated rings. The van der Waals surface area contributed by atoms with Gasteiger partial charge < -0.3 is 19.9 Å². The SMILES string of the molecule is O=C1NC2(CCCCCC2)C(=O)N1C[NH+]1CC[NH+](CCOc2ccccc2)CC1. The lowest BCUT2D eigenvalue weighted by molar-refractivity contribution is -1.01. The fourth-order valence-corrected chi connectivity index (χ4v) is 4.91. The molecular formula is C22H34N4O3+2. The van der Waals surface area contributed by atoms with Crippen molar-refractivity contribution in [3.05, 3.63) is 30.3 Å². The molecule has 1 spiro atoms. The molecule has 7 heteroatoms. The first-order valence-electron chi connectivity index (χ1n) is 11.2. The van der Waals surface area contributed by atoms with Crippen molar-refractivity contribution in [2.45, 2.75) is 44.1 Å². The lowest BCUT2D eigenvalue weighted by Crippen LogP contribution is -3.28. The van der Waals surface area contributed by atoms with Crippen LogP contribution in [-0.2, 0) is 4.79 Å². The minimum atomic E-state index is -0.616. The molecule has 0 unspecified atom stereocenters. The average molecular weight is 403 g/mol. The summed E-state index contributed by atoms with van der Waals surface area (Å²) in [5, 5.41) is 3.05. The molecule has 4 rings (SSSR count). The summed E-state index contributed by atoms with van der Waals surface area (Å²) in [5.74, 6) is 0.935. The molecule has 2 heterocycles. The highest BCUT2D eigenvalue weighted by Gasteiger charge is 2.51. The van der Waals surface area contributed by atoms with Crippen molar-refractivity contribution in [2.24, 2.45) is 0 Å². The van der Waals surface area contributed by atoms with Crippen molar-refractivity contribution in [3.8, 4) is 5.75 Å². The largest absolute Gasteiger partial charge is 0.488 e. The van der Waals surface area contributed by atoms with Gasteiger partial charge in [0.05, 0.1) is 0 Å². The van der Waals surface area contributed by atoms with Crippen LogP contribution in [0, 0.1) is 0 Å². The number of ether oxygens (including phenoxy) is 1. The van der Waals surface area contributed by atoms with E-state index in [0.717, 1.165) is 77.0 Å². The van der Waals surface area contributed by atoms with E-state index in [-0.39, 0.29) is 11.9 Å². The minimum Gasteiger partial charge on any atom is -0.488 e. The molecule has 3 N–H and O–H groups in total. The zero-order valence-electron chi connectivity index (χ0n) is 17.3. The van der Waals surface area contributed by atoms with E-state index in [2.05, 4.69) is 5.32 Å². The maximum atomic E-state index is 13.1. The van der Waals surface area contributed by atoms with Crippen molar-refractivity contribution in [1.82, 2.24) is 10.2 Å². The van der Waals surface area contributed by atoms with Gasteiger partial charge in [0.2, 0.25) is 0 Å². The summed E-state index contributed by atoms with van der Waals surface area (Å²) in [4.78, 5) is 30.0. The fourth-order valence-electron chi connectivity index (χ4n) is 4.91. The quantitative estimate of drug-likeness (QED) is 0.560. The van der Waals surface area contributed by atoms with Crippen LogP contribution in [0.1, 0.15) is 38.5 Å². The second-order valence-corrected chi connectivity index (χ2v) is 8.73. The summed E-state index contributed by atoms with van der Waals surface area (Å²) in [6, 6.07) is 9.74. The summed E-state index contributed by atoms with van der Waals surface area (Å²) in [6.07, 6.45) is 5.97. The number of piperazine rings is 1. The predicted molar refractivity (Wildman–Crippen MR) is 109 cm³/mol. The van der Waals surface area contributed by atoms with Crippen molar-refractivity contribution >= 4 is 11.9 Å². The Morgan fingerprint density at radius 1 is 0.931 bits per heavy atom. The lowest BCUT2D eigenvalue weighted by Gasteiger charge is -2.31. The molecule has 7 nitrogen and oxygen atoms in total. The van der Waals surface area contributed by atoms with Crippen LogP contribution in [0.3, 0.4) is 0 Å². The van der Waals surface area contributed by atoms with Crippen LogP contribution in [0.5, 0.6) is 5.75 Å². The third kappa shape index (κ3) is 4.73. The number of carbonyl (C=O) groups is 2. The van der Waals surface area contributed by atoms with Gasteiger partial charge in [-0.05, 0) is 25.0 Å². The zero-order valence-corrected chi connectivity index (χ0v) is 17.3. The average Bonchev–Trinajstić information content (AvgIpc) is 2.90. The van der Waals surface area contributed by atoms with Gasteiger partial charge in [0, 0.05) is 0 Å². The molecule has 158 valence electrons. The third-order valence-corrected chi connectivity index (χ3v) is 6.72. The predicted octanol–water partition coefficient (Wildman–Crippen LogP) is -0.549. The number of imide groups is 1. The molecule has 0 radical (unpaired) electrons. The number of amides is 3. The number of nitrogens with zero attached hydrogens (tertiary/aromatic N) is 1. The molecule has 0 aromatic heterocycles. The highest BCUT2D eigenvalue weighted by molar-refractivity contribution is 6.06. The van der Waals surface area contributed by atoms with E-state index in [1.807, 2.05) is 30.3 Å². The maximum Gasteiger partial charge on any atom is 0.329 e. The second kappa shape index (κ2) is 9.13. The summed E-state index contributed by atoms with van der Waals surface area (Å²) < 4.78 is 5.81. The monoisotopic (exact) mass is 402 g/mol. The molecule has 3 amide bonds. The summed E-state index contributed by atoms with van der Waals surface area (Å²) >= 11 is 0. The zero-order chi connectivity index (χ0) is 20.1. The topological polar surface area (TPSA) is 67.5 Å². The van der Waals surface area contributed by atoms with Gasteiger partial charge in [-0.25, -0.2) is 9.69 Å². The molecule has 2 aliphatic heterocycles. The normalized spacial score (nSPS) is 27.0. The highest BCUT2D eigenvalue weighted by atomic mass is 16.5. The van der Waals surface area contributed by atoms with Crippen LogP contribution in [0.2, 0.25) is 0 Å². The highest BCUT2D eigenvalue weighted by Crippen LogP contribution is 2.32. The number of nitrogens with one attached hydrogen (secondary N) is 3. The van der Waals surface area contributed by atoms with Crippen LogP contribution in [0.4, 0.5) is 4.79 Å². The number of urea groups is 1. The van der Waals surface area contributed by atoms with Crippen LogP contribution < -0.4 is 19.9 Å². The molecule has 1 saturated carbocycles. The van der Waals surface area contributed by atoms with E-state index >= 15 is 0 Å². The van der Waals surface area contributed by atoms with Gasteiger partial charge in [0.15, 0.2) is 6.67 Å². The minimum absolute atomic E-state index is 0.0166. The number of carbonyl (C=O) groups excluding carboxylic acids is 2. The van der Waals surface area contributed by atoms with Gasteiger partial charge in [0.1, 0.15) is 50.6 Å². The van der Waals surface area contributed by atoms with E-state index in [0.29, 0.717) is 13.3 Å². The van der Waals surface area contributed by atoms with Crippen molar-refractivity contribution < 1.29 is 24.1 Å². The Hall–Kier alpha value is -2.12. The van der Waals surface area contributed by atoms with E-state index in [1.165, 1.54) is 14.7 Å². The van der Waals surface area contributed by atoms with Crippen molar-refractivity contribution in [2.75, 3.05) is 46.0 Å². The molecule has 1 aromatic carbocycles. The Morgan fingerprint density at radius 2 is 1.59 bits per heavy atom. The first-order valence-corrected chi connectivity index (χ1v) is 11.2. The Balaban J connectivity index is 1.22. The van der Waals surface area contributed by atoms with Gasteiger partial charge in [-0.1, -0.05) is 43.9 Å². The standard InChI is InChI=1S/C22H32N4O3/c27-20-22(10-6-1-2-7-11-22)23-21(28)26(20)18-25-14-12-24(13-15-25)16-17-29-19-8-4-3-5-9-19/h3-5,8-9H,1-2,6-7,10-18H2,(H,23,28)/p+2. The molecule has 1 aliphatic carbocycles. The Kier molecular flexibility index (Phi) is 6.35. The van der Waals surface area contributed by atoms with Gasteiger partial charge >= 0.3 is 6.03 Å². The smallest absolute Gasteiger partial charge is 0.329 e. The van der Waals surface area contributed by atoms with Gasteiger partial charge in [0.25, 0.3) is 5.91 Å². The fraction of sp³-hybridized carbons (Fsp3) is 0.636. The molecule has 2 saturated heterocycles. The lowest BCUT2D eigenvalue weighted by atomic mass is 9.90. The number of benzene rings is 1. The number of para-hydroxylation sites is 1. The van der Waals surface area contributed by atoms with Crippen LogP contribution in [0.25, 0.3) is 0 Å². The van der Waals surface area contributed by atoms with E-state index in [9.17, 15) is 9.59 Å². The number of hydrogen-bond donors (Lipinski definition) is 3. The van der Waals surface area contributed by atoms with Crippen LogP contribution in [0.15, 0.2) is 30.3 Å². The van der Waals surface area contributed by atoms with Crippen LogP contribution >= 0.6 is 0 Å². The number of quaternary nitrogens is 2. The molecule has 3 aliphatic rings. The van der Waals surface area contributed by atoms with E-state index in [1.54, 1.807) is 0 Å². The molecular weight excluding hydrogens is 368 g/mol. The Morgan fingerprint density at radius 3 is 2.28 bits per heavy atom. The molecule has 1 aromatic rings. The van der Waals surface area contributed by atoms with E-state index < -0.39 is 5.54 Å². The molecule has 0 atom stereocenters. The summed E-state index contributed by atoms with van der Waals surface area (Å²) in [7, 11) is 0. The van der Waals surface area contributed by atoms with Crippen molar-refractivity contribution in [1.29, 1.82) is 0 Å². The van der Waals surface area contributed by atoms with Gasteiger partial charge in [-0.2, -0.15) is 0 Å². The Labute approximate surface area is 173 Å². The maximum absolute atomic E-state index is 13.1. The van der Waals surface area contributed by atoms with Crippen molar-refractivity contribution in [3.63, 3.8) is 0 Å². The van der Waals surface area contributed by atoms with Crippen LogP contribution in [-0.4, -0.2) is 68.4 Å². The molecule has 0 bridgehead atoms. The molecule has 29 heavy (non-hydrogen) atoms. The second-order valence-electron chi connectivity index (χ2n) is 8.73. The van der Waals surface area contributed by atoms with E-state index in [4.69, 9.17) is 4.74 Å². The number of hydrogen-bond acceptors (Lipinski definition) is 3. The third-order valence-electron chi connectivity index (χ3n) is 6.72. The number of rotatable bonds is 6. The summed E-state index contributed by atoms with van der Waals surface area (Å²) in [6.45, 7) is 6.23. The first-order chi connectivity index (χ1) is 14.2.